The zero-order chi connectivity index (χ0) is 15.5. The molecular formula is C16H21N3O2S. The SMILES string of the molecule is Cc1nc(NCCCCCC(=O)O)c2c3c(sc2n1)CCC3. The molecule has 2 aromatic rings. The van der Waals surface area contributed by atoms with Crippen molar-refractivity contribution < 1.29 is 9.90 Å². The number of nitrogens with one attached hydrogen (secondary N) is 1. The number of thiophene rings is 1. The first-order valence-corrected chi connectivity index (χ1v) is 8.71. The fourth-order valence-electron chi connectivity index (χ4n) is 3.02. The average molecular weight is 319 g/mol. The number of carboxylic acid groups (broad SMARTS) is 1. The number of aromatic nitrogens is 2. The number of unbranched alkanes of at least 4 members (excludes halogenated alkanes) is 2. The third kappa shape index (κ3) is 3.21. The Morgan fingerprint density at radius 2 is 2.14 bits per heavy atom. The predicted molar refractivity (Wildman–Crippen MR) is 88.8 cm³/mol. The van der Waals surface area contributed by atoms with Crippen molar-refractivity contribution in [2.45, 2.75) is 51.9 Å². The van der Waals surface area contributed by atoms with Crippen molar-refractivity contribution in [3.8, 4) is 0 Å². The molecule has 1 aliphatic rings. The highest BCUT2D eigenvalue weighted by Gasteiger charge is 2.21. The number of rotatable bonds is 7. The largest absolute Gasteiger partial charge is 0.481 e. The van der Waals surface area contributed by atoms with E-state index in [1.807, 2.05) is 18.3 Å². The van der Waals surface area contributed by atoms with Crippen molar-refractivity contribution >= 4 is 33.3 Å². The molecule has 2 heterocycles. The fourth-order valence-corrected chi connectivity index (χ4v) is 4.32. The van der Waals surface area contributed by atoms with Gasteiger partial charge in [-0.15, -0.1) is 11.3 Å². The number of hydrogen-bond acceptors (Lipinski definition) is 5. The van der Waals surface area contributed by atoms with Crippen molar-refractivity contribution in [3.63, 3.8) is 0 Å². The van der Waals surface area contributed by atoms with Gasteiger partial charge in [0.2, 0.25) is 0 Å². The van der Waals surface area contributed by atoms with Crippen LogP contribution in [0.2, 0.25) is 0 Å². The standard InChI is InChI=1S/C16H21N3O2S/c1-10-18-15(17-9-4-2-3-8-13(20)21)14-11-6-5-7-12(11)22-16(14)19-10/h2-9H2,1H3,(H,20,21)(H,17,18,19). The van der Waals surface area contributed by atoms with Gasteiger partial charge in [0.1, 0.15) is 16.5 Å². The van der Waals surface area contributed by atoms with Gasteiger partial charge < -0.3 is 10.4 Å². The molecule has 0 aliphatic heterocycles. The molecule has 0 saturated carbocycles. The highest BCUT2D eigenvalue weighted by atomic mass is 32.1. The third-order valence-corrected chi connectivity index (χ3v) is 5.22. The monoisotopic (exact) mass is 319 g/mol. The van der Waals surface area contributed by atoms with Crippen LogP contribution in [0, 0.1) is 6.92 Å². The lowest BCUT2D eigenvalue weighted by Crippen LogP contribution is -2.06. The quantitative estimate of drug-likeness (QED) is 0.763. The van der Waals surface area contributed by atoms with Crippen molar-refractivity contribution in [1.82, 2.24) is 9.97 Å². The minimum absolute atomic E-state index is 0.259. The summed E-state index contributed by atoms with van der Waals surface area (Å²) in [5, 5.41) is 13.3. The molecule has 22 heavy (non-hydrogen) atoms. The molecule has 0 amide bonds. The first kappa shape index (κ1) is 15.2. The van der Waals surface area contributed by atoms with E-state index in [2.05, 4.69) is 15.3 Å². The fraction of sp³-hybridized carbons (Fsp3) is 0.562. The topological polar surface area (TPSA) is 75.1 Å². The van der Waals surface area contributed by atoms with Gasteiger partial charge >= 0.3 is 5.97 Å². The summed E-state index contributed by atoms with van der Waals surface area (Å²) in [6.07, 6.45) is 6.43. The second kappa shape index (κ2) is 6.60. The van der Waals surface area contributed by atoms with E-state index in [1.54, 1.807) is 0 Å². The van der Waals surface area contributed by atoms with Crippen LogP contribution in [0.5, 0.6) is 0 Å². The number of carbonyl (C=O) groups is 1. The zero-order valence-corrected chi connectivity index (χ0v) is 13.6. The van der Waals surface area contributed by atoms with Crippen molar-refractivity contribution in [2.75, 3.05) is 11.9 Å². The van der Waals surface area contributed by atoms with E-state index < -0.39 is 5.97 Å². The van der Waals surface area contributed by atoms with Crippen molar-refractivity contribution in [3.05, 3.63) is 16.3 Å². The molecule has 0 atom stereocenters. The van der Waals surface area contributed by atoms with Crippen LogP contribution >= 0.6 is 11.3 Å². The first-order chi connectivity index (χ1) is 10.6. The molecular weight excluding hydrogens is 298 g/mol. The van der Waals surface area contributed by atoms with Crippen LogP contribution in [0.4, 0.5) is 5.82 Å². The molecule has 118 valence electrons. The van der Waals surface area contributed by atoms with Gasteiger partial charge in [-0.25, -0.2) is 9.97 Å². The molecule has 0 bridgehead atoms. The number of anilines is 1. The van der Waals surface area contributed by atoms with Crippen LogP contribution < -0.4 is 5.32 Å². The van der Waals surface area contributed by atoms with Gasteiger partial charge in [-0.1, -0.05) is 6.42 Å². The highest BCUT2D eigenvalue weighted by molar-refractivity contribution is 7.19. The summed E-state index contributed by atoms with van der Waals surface area (Å²) in [4.78, 5) is 22.2. The second-order valence-electron chi connectivity index (χ2n) is 5.79. The first-order valence-electron chi connectivity index (χ1n) is 7.89. The Morgan fingerprint density at radius 1 is 1.27 bits per heavy atom. The van der Waals surface area contributed by atoms with E-state index in [9.17, 15) is 4.79 Å². The molecule has 6 heteroatoms. The van der Waals surface area contributed by atoms with Gasteiger partial charge in [0.25, 0.3) is 0 Å². The number of carboxylic acids is 1. The molecule has 1 aliphatic carbocycles. The van der Waals surface area contributed by atoms with Gasteiger partial charge in [0.05, 0.1) is 5.39 Å². The maximum Gasteiger partial charge on any atom is 0.303 e. The summed E-state index contributed by atoms with van der Waals surface area (Å²) in [5.74, 6) is 1.05. The maximum absolute atomic E-state index is 10.5. The summed E-state index contributed by atoms with van der Waals surface area (Å²) in [5.41, 5.74) is 1.44. The lowest BCUT2D eigenvalue weighted by Gasteiger charge is -2.08. The Balaban J connectivity index is 1.67. The van der Waals surface area contributed by atoms with Crippen LogP contribution in [0.25, 0.3) is 10.2 Å². The summed E-state index contributed by atoms with van der Waals surface area (Å²) in [7, 11) is 0. The van der Waals surface area contributed by atoms with Gasteiger partial charge in [-0.05, 0) is 44.6 Å². The molecule has 0 unspecified atom stereocenters. The molecule has 2 N–H and O–H groups in total. The molecule has 0 saturated heterocycles. The van der Waals surface area contributed by atoms with Crippen LogP contribution in [-0.2, 0) is 17.6 Å². The maximum atomic E-state index is 10.5. The summed E-state index contributed by atoms with van der Waals surface area (Å²) in [6.45, 7) is 2.76. The normalized spacial score (nSPS) is 13.5. The summed E-state index contributed by atoms with van der Waals surface area (Å²) < 4.78 is 0. The Labute approximate surface area is 133 Å². The number of hydrogen-bond donors (Lipinski definition) is 2. The number of aryl methyl sites for hydroxylation is 3. The zero-order valence-electron chi connectivity index (χ0n) is 12.8. The number of aliphatic carboxylic acids is 1. The molecule has 0 spiro atoms. The van der Waals surface area contributed by atoms with Crippen LogP contribution in [0.1, 0.15) is 48.4 Å². The summed E-state index contributed by atoms with van der Waals surface area (Å²) >= 11 is 1.81. The Kier molecular flexibility index (Phi) is 4.57. The van der Waals surface area contributed by atoms with Gasteiger partial charge in [-0.2, -0.15) is 0 Å². The lowest BCUT2D eigenvalue weighted by atomic mass is 10.1. The van der Waals surface area contributed by atoms with Gasteiger partial charge in [-0.3, -0.25) is 4.79 Å². The van der Waals surface area contributed by atoms with Crippen molar-refractivity contribution in [2.24, 2.45) is 0 Å². The van der Waals surface area contributed by atoms with Gasteiger partial charge in [0, 0.05) is 17.8 Å². The van der Waals surface area contributed by atoms with Gasteiger partial charge in [0.15, 0.2) is 0 Å². The highest BCUT2D eigenvalue weighted by Crippen LogP contribution is 2.39. The van der Waals surface area contributed by atoms with E-state index >= 15 is 0 Å². The minimum Gasteiger partial charge on any atom is -0.481 e. The van der Waals surface area contributed by atoms with E-state index in [1.165, 1.54) is 28.7 Å². The molecule has 0 aromatic carbocycles. The molecule has 5 nitrogen and oxygen atoms in total. The number of fused-ring (bicyclic) bond motifs is 3. The average Bonchev–Trinajstić information content (AvgIpc) is 3.01. The minimum atomic E-state index is -0.713. The molecule has 0 radical (unpaired) electrons. The van der Waals surface area contributed by atoms with E-state index in [0.29, 0.717) is 0 Å². The second-order valence-corrected chi connectivity index (χ2v) is 6.87. The van der Waals surface area contributed by atoms with Crippen LogP contribution in [0.3, 0.4) is 0 Å². The molecule has 0 fully saturated rings. The molecule has 3 rings (SSSR count). The third-order valence-electron chi connectivity index (χ3n) is 4.04. The summed E-state index contributed by atoms with van der Waals surface area (Å²) in [6, 6.07) is 0. The predicted octanol–water partition coefficient (Wildman–Crippen LogP) is 3.55. The smallest absolute Gasteiger partial charge is 0.303 e. The lowest BCUT2D eigenvalue weighted by molar-refractivity contribution is -0.137. The van der Waals surface area contributed by atoms with E-state index in [0.717, 1.165) is 48.7 Å². The van der Waals surface area contributed by atoms with Crippen LogP contribution in [0.15, 0.2) is 0 Å². The van der Waals surface area contributed by atoms with Crippen molar-refractivity contribution in [1.29, 1.82) is 0 Å². The van der Waals surface area contributed by atoms with E-state index in [-0.39, 0.29) is 6.42 Å². The van der Waals surface area contributed by atoms with E-state index in [4.69, 9.17) is 5.11 Å². The molecule has 2 aromatic heterocycles. The Morgan fingerprint density at radius 3 is 2.95 bits per heavy atom. The Hall–Kier alpha value is -1.69. The van der Waals surface area contributed by atoms with Crippen LogP contribution in [-0.4, -0.2) is 27.6 Å². The number of nitrogens with zero attached hydrogens (tertiary/aromatic N) is 2. The Bertz CT molecular complexity index is 696.